The summed E-state index contributed by atoms with van der Waals surface area (Å²) in [6.07, 6.45) is 3.13. The van der Waals surface area contributed by atoms with Crippen molar-refractivity contribution >= 4 is 33.6 Å². The number of carboxylic acid groups (broad SMARTS) is 1. The molecule has 1 aromatic carbocycles. The van der Waals surface area contributed by atoms with Gasteiger partial charge in [-0.05, 0) is 34.5 Å². The Morgan fingerprint density at radius 3 is 2.67 bits per heavy atom. The van der Waals surface area contributed by atoms with Crippen LogP contribution >= 0.6 is 15.9 Å². The first-order valence-electron chi connectivity index (χ1n) is 8.26. The lowest BCUT2D eigenvalue weighted by Crippen LogP contribution is -2.19. The van der Waals surface area contributed by atoms with Gasteiger partial charge in [0.2, 0.25) is 0 Å². The van der Waals surface area contributed by atoms with Crippen LogP contribution in [0.25, 0.3) is 0 Å². The number of nitrogens with one attached hydrogen (secondary N) is 1. The predicted molar refractivity (Wildman–Crippen MR) is 103 cm³/mol. The number of nitrogens with zero attached hydrogens (tertiary/aromatic N) is 4. The number of aryl methyl sites for hydroxylation is 2. The third-order valence-corrected chi connectivity index (χ3v) is 4.48. The Kier molecular flexibility index (Phi) is 5.70. The molecule has 0 fully saturated rings. The number of halogens is 1. The lowest BCUT2D eigenvalue weighted by molar-refractivity contribution is -0.137. The number of amides is 1. The number of rotatable bonds is 7. The molecule has 0 bridgehead atoms. The highest BCUT2D eigenvalue weighted by Crippen LogP contribution is 2.21. The Balaban J connectivity index is 1.70. The number of aromatic nitrogens is 4. The van der Waals surface area contributed by atoms with E-state index in [9.17, 15) is 9.59 Å². The third kappa shape index (κ3) is 4.82. The van der Waals surface area contributed by atoms with Crippen molar-refractivity contribution in [2.75, 3.05) is 5.32 Å². The highest BCUT2D eigenvalue weighted by Gasteiger charge is 2.16. The molecule has 2 aromatic heterocycles. The second kappa shape index (κ2) is 8.17. The number of hydrogen-bond donors (Lipinski definition) is 2. The molecule has 3 aromatic rings. The minimum Gasteiger partial charge on any atom is -0.481 e. The summed E-state index contributed by atoms with van der Waals surface area (Å²) >= 11 is 3.40. The minimum absolute atomic E-state index is 0.114. The van der Waals surface area contributed by atoms with Gasteiger partial charge in [0.1, 0.15) is 5.69 Å². The Labute approximate surface area is 163 Å². The molecule has 3 rings (SSSR count). The zero-order chi connectivity index (χ0) is 19.4. The maximum Gasteiger partial charge on any atom is 0.305 e. The van der Waals surface area contributed by atoms with Crippen LogP contribution in [-0.2, 0) is 17.9 Å². The van der Waals surface area contributed by atoms with Crippen molar-refractivity contribution in [2.45, 2.75) is 26.4 Å². The van der Waals surface area contributed by atoms with Gasteiger partial charge in [-0.3, -0.25) is 19.0 Å². The molecule has 27 heavy (non-hydrogen) atoms. The molecule has 9 heteroatoms. The fourth-order valence-electron chi connectivity index (χ4n) is 2.52. The zero-order valence-corrected chi connectivity index (χ0v) is 16.2. The first kappa shape index (κ1) is 18.8. The smallest absolute Gasteiger partial charge is 0.305 e. The van der Waals surface area contributed by atoms with Gasteiger partial charge in [0.25, 0.3) is 5.91 Å². The summed E-state index contributed by atoms with van der Waals surface area (Å²) in [5.74, 6) is -0.966. The maximum absolute atomic E-state index is 12.5. The lowest BCUT2D eigenvalue weighted by Gasteiger charge is -2.06. The molecule has 1 amide bonds. The molecule has 0 spiro atoms. The molecule has 0 saturated heterocycles. The van der Waals surface area contributed by atoms with Crippen LogP contribution in [0.3, 0.4) is 0 Å². The Morgan fingerprint density at radius 2 is 1.96 bits per heavy atom. The van der Waals surface area contributed by atoms with Crippen LogP contribution in [0.15, 0.2) is 47.2 Å². The molecule has 140 valence electrons. The monoisotopic (exact) mass is 431 g/mol. The quantitative estimate of drug-likeness (QED) is 0.598. The van der Waals surface area contributed by atoms with Gasteiger partial charge in [-0.1, -0.05) is 29.8 Å². The summed E-state index contributed by atoms with van der Waals surface area (Å²) in [6.45, 7) is 2.72. The maximum atomic E-state index is 12.5. The molecule has 0 aliphatic carbocycles. The molecule has 8 nitrogen and oxygen atoms in total. The normalized spacial score (nSPS) is 10.7. The Hall–Kier alpha value is -2.94. The number of carbonyl (C=O) groups is 2. The van der Waals surface area contributed by atoms with Crippen LogP contribution in [0.1, 0.15) is 28.0 Å². The number of carbonyl (C=O) groups excluding carboxylic acids is 1. The fraction of sp³-hybridized carbons (Fsp3) is 0.222. The molecule has 2 heterocycles. The summed E-state index contributed by atoms with van der Waals surface area (Å²) < 4.78 is 3.74. The van der Waals surface area contributed by atoms with Gasteiger partial charge in [-0.2, -0.15) is 10.2 Å². The minimum atomic E-state index is -0.950. The largest absolute Gasteiger partial charge is 0.481 e. The fourth-order valence-corrected chi connectivity index (χ4v) is 2.93. The van der Waals surface area contributed by atoms with Gasteiger partial charge in [-0.15, -0.1) is 0 Å². The second-order valence-electron chi connectivity index (χ2n) is 6.05. The van der Waals surface area contributed by atoms with Gasteiger partial charge in [-0.25, -0.2) is 0 Å². The highest BCUT2D eigenvalue weighted by atomic mass is 79.9. The van der Waals surface area contributed by atoms with Crippen molar-refractivity contribution in [1.29, 1.82) is 0 Å². The van der Waals surface area contributed by atoms with Gasteiger partial charge in [0.15, 0.2) is 5.82 Å². The van der Waals surface area contributed by atoms with Crippen molar-refractivity contribution in [2.24, 2.45) is 0 Å². The third-order valence-electron chi connectivity index (χ3n) is 3.90. The summed E-state index contributed by atoms with van der Waals surface area (Å²) in [5.41, 5.74) is 2.56. The van der Waals surface area contributed by atoms with Crippen LogP contribution in [0.2, 0.25) is 0 Å². The Morgan fingerprint density at radius 1 is 1.22 bits per heavy atom. The molecular weight excluding hydrogens is 414 g/mol. The second-order valence-corrected chi connectivity index (χ2v) is 6.90. The zero-order valence-electron chi connectivity index (χ0n) is 14.6. The molecule has 0 aliphatic rings. The summed E-state index contributed by atoms with van der Waals surface area (Å²) in [5, 5.41) is 19.9. The molecular formula is C18H18BrN5O3. The lowest BCUT2D eigenvalue weighted by atomic mass is 10.1. The number of benzene rings is 1. The van der Waals surface area contributed by atoms with Crippen molar-refractivity contribution in [3.8, 4) is 0 Å². The SMILES string of the molecule is Cc1ccc(Cn2cc(Br)c(NC(=O)c3ccnn3CCC(=O)O)n2)cc1. The molecule has 2 N–H and O–H groups in total. The van der Waals surface area contributed by atoms with Crippen LogP contribution in [0.5, 0.6) is 0 Å². The van der Waals surface area contributed by atoms with Gasteiger partial charge in [0, 0.05) is 12.4 Å². The summed E-state index contributed by atoms with van der Waals surface area (Å²) in [4.78, 5) is 23.2. The van der Waals surface area contributed by atoms with Gasteiger partial charge >= 0.3 is 5.97 Å². The van der Waals surface area contributed by atoms with Gasteiger partial charge < -0.3 is 10.4 Å². The van der Waals surface area contributed by atoms with Crippen LogP contribution < -0.4 is 5.32 Å². The van der Waals surface area contributed by atoms with Crippen molar-refractivity contribution < 1.29 is 14.7 Å². The van der Waals surface area contributed by atoms with Crippen molar-refractivity contribution in [3.05, 3.63) is 64.0 Å². The van der Waals surface area contributed by atoms with E-state index in [-0.39, 0.29) is 18.7 Å². The van der Waals surface area contributed by atoms with Crippen LogP contribution in [-0.4, -0.2) is 36.5 Å². The van der Waals surface area contributed by atoms with Crippen LogP contribution in [0.4, 0.5) is 5.82 Å². The van der Waals surface area contributed by atoms with E-state index in [1.54, 1.807) is 10.9 Å². The van der Waals surface area contributed by atoms with E-state index in [1.807, 2.05) is 31.2 Å². The number of hydrogen-bond acceptors (Lipinski definition) is 4. The van der Waals surface area contributed by atoms with Gasteiger partial charge in [0.05, 0.1) is 24.0 Å². The van der Waals surface area contributed by atoms with E-state index in [1.165, 1.54) is 22.5 Å². The summed E-state index contributed by atoms with van der Waals surface area (Å²) in [6, 6.07) is 9.67. The van der Waals surface area contributed by atoms with Crippen LogP contribution in [0, 0.1) is 6.92 Å². The standard InChI is InChI=1S/C18H18BrN5O3/c1-12-2-4-13(5-3-12)10-23-11-14(19)17(22-23)21-18(27)15-6-8-20-24(15)9-7-16(25)26/h2-6,8,11H,7,9-10H2,1H3,(H,25,26)(H,21,22,27). The molecule has 0 unspecified atom stereocenters. The number of carboxylic acids is 1. The highest BCUT2D eigenvalue weighted by molar-refractivity contribution is 9.10. The van der Waals surface area contributed by atoms with Crippen molar-refractivity contribution in [1.82, 2.24) is 19.6 Å². The first-order chi connectivity index (χ1) is 12.9. The number of aliphatic carboxylic acids is 1. The van der Waals surface area contributed by atoms with E-state index in [0.29, 0.717) is 16.8 Å². The van der Waals surface area contributed by atoms with E-state index in [4.69, 9.17) is 5.11 Å². The van der Waals surface area contributed by atoms with E-state index >= 15 is 0 Å². The Bertz CT molecular complexity index is 962. The number of anilines is 1. The topological polar surface area (TPSA) is 102 Å². The summed E-state index contributed by atoms with van der Waals surface area (Å²) in [7, 11) is 0. The molecule has 0 radical (unpaired) electrons. The van der Waals surface area contributed by atoms with E-state index in [2.05, 4.69) is 31.4 Å². The predicted octanol–water partition coefficient (Wildman–Crippen LogP) is 2.93. The average molecular weight is 432 g/mol. The van der Waals surface area contributed by atoms with E-state index in [0.717, 1.165) is 5.56 Å². The van der Waals surface area contributed by atoms with Crippen molar-refractivity contribution in [3.63, 3.8) is 0 Å². The average Bonchev–Trinajstić information content (AvgIpc) is 3.22. The van der Waals surface area contributed by atoms with E-state index < -0.39 is 11.9 Å². The molecule has 0 saturated carbocycles. The molecule has 0 atom stereocenters. The molecule has 0 aliphatic heterocycles. The first-order valence-corrected chi connectivity index (χ1v) is 9.05.